The Hall–Kier alpha value is -3.28. The number of aromatic nitrogens is 2. The summed E-state index contributed by atoms with van der Waals surface area (Å²) in [4.78, 5) is 23.6. The van der Waals surface area contributed by atoms with Gasteiger partial charge in [0.2, 0.25) is 15.9 Å². The lowest BCUT2D eigenvalue weighted by molar-refractivity contribution is -0.123. The van der Waals surface area contributed by atoms with Gasteiger partial charge in [0, 0.05) is 25.2 Å². The molecular weight excluding hydrogens is 506 g/mol. The van der Waals surface area contributed by atoms with Crippen LogP contribution >= 0.6 is 11.3 Å². The number of thiazole rings is 1. The van der Waals surface area contributed by atoms with Gasteiger partial charge in [-0.05, 0) is 55.3 Å². The molecule has 0 radical (unpaired) electrons. The van der Waals surface area contributed by atoms with E-state index in [9.17, 15) is 22.0 Å². The van der Waals surface area contributed by atoms with Crippen LogP contribution in [0.2, 0.25) is 0 Å². The minimum Gasteiger partial charge on any atom is -0.282 e. The average molecular weight is 529 g/mol. The smallest absolute Gasteiger partial charge is 0.246 e. The molecule has 1 aliphatic heterocycles. The number of nitrogens with zero attached hydrogens (tertiary/aromatic N) is 4. The predicted octanol–water partition coefficient (Wildman–Crippen LogP) is 4.60. The lowest BCUT2D eigenvalue weighted by Gasteiger charge is -2.33. The van der Waals surface area contributed by atoms with Crippen molar-refractivity contribution in [1.29, 1.82) is 0 Å². The van der Waals surface area contributed by atoms with Gasteiger partial charge in [0.15, 0.2) is 5.13 Å². The minimum absolute atomic E-state index is 0.0198. The highest BCUT2D eigenvalue weighted by Gasteiger charge is 2.36. The first-order valence-corrected chi connectivity index (χ1v) is 13.6. The fourth-order valence-corrected chi connectivity index (χ4v) is 6.76. The van der Waals surface area contributed by atoms with Gasteiger partial charge in [-0.25, -0.2) is 22.2 Å². The summed E-state index contributed by atoms with van der Waals surface area (Å²) in [5, 5.41) is 0.545. The number of carbonyl (C=O) groups is 1. The molecule has 186 valence electrons. The van der Waals surface area contributed by atoms with Gasteiger partial charge < -0.3 is 0 Å². The molecule has 0 atom stereocenters. The van der Waals surface area contributed by atoms with Crippen molar-refractivity contribution in [3.8, 4) is 0 Å². The van der Waals surface area contributed by atoms with E-state index in [0.717, 1.165) is 26.7 Å². The van der Waals surface area contributed by atoms with E-state index in [0.29, 0.717) is 16.9 Å². The standard InChI is InChI=1S/C25H22F2N4O3S2/c26-18-8-9-20(27)23(15-18)36(33,34)30-13-10-17(11-14-30)24(32)31(16-19-5-3-4-12-28-19)25-29-21-6-1-2-7-22(21)35-25/h1-9,12,15,17H,10-11,13-14,16H2. The van der Waals surface area contributed by atoms with Crippen molar-refractivity contribution in [3.63, 3.8) is 0 Å². The van der Waals surface area contributed by atoms with Crippen molar-refractivity contribution in [2.75, 3.05) is 18.0 Å². The molecule has 7 nitrogen and oxygen atoms in total. The highest BCUT2D eigenvalue weighted by atomic mass is 32.2. The van der Waals surface area contributed by atoms with Gasteiger partial charge in [-0.3, -0.25) is 14.7 Å². The Labute approximate surface area is 211 Å². The SMILES string of the molecule is O=C(C1CCN(S(=O)(=O)c2cc(F)ccc2F)CC1)N(Cc1ccccn1)c1nc2ccccc2s1. The van der Waals surface area contributed by atoms with Crippen LogP contribution in [0.15, 0.2) is 71.8 Å². The first kappa shape index (κ1) is 24.4. The topological polar surface area (TPSA) is 83.5 Å². The molecule has 3 heterocycles. The quantitative estimate of drug-likeness (QED) is 0.365. The number of amides is 1. The van der Waals surface area contributed by atoms with E-state index < -0.39 is 32.5 Å². The van der Waals surface area contributed by atoms with Crippen LogP contribution in [0.5, 0.6) is 0 Å². The number of sulfonamides is 1. The summed E-state index contributed by atoms with van der Waals surface area (Å²) in [7, 11) is -4.23. The molecule has 5 rings (SSSR count). The Morgan fingerprint density at radius 3 is 2.53 bits per heavy atom. The molecule has 2 aromatic carbocycles. The average Bonchev–Trinajstić information content (AvgIpc) is 3.33. The summed E-state index contributed by atoms with van der Waals surface area (Å²) in [6, 6.07) is 15.4. The van der Waals surface area contributed by atoms with Crippen molar-refractivity contribution in [3.05, 3.63) is 84.2 Å². The fourth-order valence-electron chi connectivity index (χ4n) is 4.25. The van der Waals surface area contributed by atoms with Crippen LogP contribution in [0, 0.1) is 17.6 Å². The number of fused-ring (bicyclic) bond motifs is 1. The second-order valence-electron chi connectivity index (χ2n) is 8.46. The van der Waals surface area contributed by atoms with E-state index >= 15 is 0 Å². The monoisotopic (exact) mass is 528 g/mol. The van der Waals surface area contributed by atoms with Crippen LogP contribution in [0.4, 0.5) is 13.9 Å². The zero-order chi connectivity index (χ0) is 25.3. The molecule has 1 fully saturated rings. The largest absolute Gasteiger partial charge is 0.282 e. The molecular formula is C25H22F2N4O3S2. The van der Waals surface area contributed by atoms with E-state index in [1.807, 2.05) is 36.4 Å². The molecule has 2 aromatic heterocycles. The zero-order valence-electron chi connectivity index (χ0n) is 19.0. The summed E-state index contributed by atoms with van der Waals surface area (Å²) < 4.78 is 55.7. The van der Waals surface area contributed by atoms with Gasteiger partial charge in [0.25, 0.3) is 0 Å². The number of para-hydroxylation sites is 1. The Balaban J connectivity index is 1.37. The van der Waals surface area contributed by atoms with Crippen LogP contribution in [0.25, 0.3) is 10.2 Å². The predicted molar refractivity (Wildman–Crippen MR) is 133 cm³/mol. The Kier molecular flexibility index (Phi) is 6.78. The summed E-state index contributed by atoms with van der Waals surface area (Å²) >= 11 is 1.40. The third kappa shape index (κ3) is 4.86. The molecule has 36 heavy (non-hydrogen) atoms. The molecule has 11 heteroatoms. The maximum absolute atomic E-state index is 14.2. The summed E-state index contributed by atoms with van der Waals surface area (Å²) in [5.41, 5.74) is 1.49. The lowest BCUT2D eigenvalue weighted by atomic mass is 9.96. The highest BCUT2D eigenvalue weighted by molar-refractivity contribution is 7.89. The number of hydrogen-bond acceptors (Lipinski definition) is 6. The van der Waals surface area contributed by atoms with Crippen LogP contribution < -0.4 is 4.90 Å². The third-order valence-corrected chi connectivity index (χ3v) is 9.11. The molecule has 4 aromatic rings. The van der Waals surface area contributed by atoms with Crippen LogP contribution in [-0.4, -0.2) is 41.7 Å². The zero-order valence-corrected chi connectivity index (χ0v) is 20.7. The number of anilines is 1. The van der Waals surface area contributed by atoms with Gasteiger partial charge in [-0.1, -0.05) is 29.5 Å². The molecule has 1 saturated heterocycles. The van der Waals surface area contributed by atoms with E-state index in [-0.39, 0.29) is 38.4 Å². The first-order chi connectivity index (χ1) is 17.3. The highest BCUT2D eigenvalue weighted by Crippen LogP contribution is 2.33. The van der Waals surface area contributed by atoms with Crippen molar-refractivity contribution >= 4 is 42.6 Å². The molecule has 1 aliphatic rings. The normalized spacial score (nSPS) is 15.3. The molecule has 0 spiro atoms. The number of hydrogen-bond donors (Lipinski definition) is 0. The van der Waals surface area contributed by atoms with Gasteiger partial charge in [0.1, 0.15) is 16.5 Å². The van der Waals surface area contributed by atoms with Crippen LogP contribution in [0.1, 0.15) is 18.5 Å². The number of benzene rings is 2. The number of halogens is 2. The van der Waals surface area contributed by atoms with Gasteiger partial charge >= 0.3 is 0 Å². The van der Waals surface area contributed by atoms with Gasteiger partial charge in [-0.15, -0.1) is 0 Å². The lowest BCUT2D eigenvalue weighted by Crippen LogP contribution is -2.44. The number of rotatable bonds is 6. The molecule has 0 bridgehead atoms. The summed E-state index contributed by atoms with van der Waals surface area (Å²) in [6.45, 7) is 0.268. The number of carbonyl (C=O) groups excluding carboxylic acids is 1. The molecule has 0 unspecified atom stereocenters. The maximum atomic E-state index is 14.2. The second-order valence-corrected chi connectivity index (χ2v) is 11.4. The molecule has 0 aliphatic carbocycles. The van der Waals surface area contributed by atoms with E-state index in [1.54, 1.807) is 17.2 Å². The third-order valence-electron chi connectivity index (χ3n) is 6.14. The Morgan fingerprint density at radius 2 is 1.81 bits per heavy atom. The van der Waals surface area contributed by atoms with Crippen LogP contribution in [0.3, 0.4) is 0 Å². The van der Waals surface area contributed by atoms with Crippen molar-refractivity contribution in [2.24, 2.45) is 5.92 Å². The van der Waals surface area contributed by atoms with Gasteiger partial charge in [0.05, 0.1) is 22.5 Å². The summed E-state index contributed by atoms with van der Waals surface area (Å²) in [6.07, 6.45) is 2.16. The van der Waals surface area contributed by atoms with Gasteiger partial charge in [-0.2, -0.15) is 4.31 Å². The van der Waals surface area contributed by atoms with E-state index in [2.05, 4.69) is 9.97 Å². The van der Waals surface area contributed by atoms with Crippen molar-refractivity contribution < 1.29 is 22.0 Å². The summed E-state index contributed by atoms with van der Waals surface area (Å²) in [5.74, 6) is -2.47. The van der Waals surface area contributed by atoms with E-state index in [1.165, 1.54) is 11.3 Å². The van der Waals surface area contributed by atoms with Crippen LogP contribution in [-0.2, 0) is 21.4 Å². The van der Waals surface area contributed by atoms with E-state index in [4.69, 9.17) is 0 Å². The Bertz CT molecular complexity index is 1470. The maximum Gasteiger partial charge on any atom is 0.246 e. The van der Waals surface area contributed by atoms with Crippen molar-refractivity contribution in [1.82, 2.24) is 14.3 Å². The molecule has 0 saturated carbocycles. The second kappa shape index (κ2) is 10.00. The number of pyridine rings is 1. The number of piperidine rings is 1. The fraction of sp³-hybridized carbons (Fsp3) is 0.240. The first-order valence-electron chi connectivity index (χ1n) is 11.3. The van der Waals surface area contributed by atoms with Crippen molar-refractivity contribution in [2.45, 2.75) is 24.3 Å². The molecule has 0 N–H and O–H groups in total. The Morgan fingerprint density at radius 1 is 1.06 bits per heavy atom. The molecule has 1 amide bonds. The minimum atomic E-state index is -4.23.